The van der Waals surface area contributed by atoms with Gasteiger partial charge in [-0.15, -0.1) is 35.9 Å². The highest BCUT2D eigenvalue weighted by Gasteiger charge is 2.41. The van der Waals surface area contributed by atoms with Gasteiger partial charge < -0.3 is 0 Å². The molecule has 0 atom stereocenters. The maximum Gasteiger partial charge on any atom is 0.159 e. The van der Waals surface area contributed by atoms with E-state index < -0.39 is 0 Å². The van der Waals surface area contributed by atoms with Crippen molar-refractivity contribution in [3.8, 4) is 12.3 Å². The minimum Gasteiger partial charge on any atom is -0.297 e. The van der Waals surface area contributed by atoms with E-state index in [1.165, 1.54) is 0 Å². The zero-order chi connectivity index (χ0) is 10.4. The number of carbonyl (C=O) groups is 1. The van der Waals surface area contributed by atoms with Gasteiger partial charge in [0.1, 0.15) is 4.08 Å². The Morgan fingerprint density at radius 2 is 2.14 bits per heavy atom. The predicted octanol–water partition coefficient (Wildman–Crippen LogP) is 2.95. The van der Waals surface area contributed by atoms with E-state index in [0.717, 1.165) is 24.3 Å². The van der Waals surface area contributed by atoms with Gasteiger partial charge in [0, 0.05) is 24.3 Å². The monoisotopic (exact) mass is 228 g/mol. The average Bonchev–Trinajstić information content (AvgIpc) is 2.64. The molecular formula is C11H16OS2. The van der Waals surface area contributed by atoms with Gasteiger partial charge in [-0.05, 0) is 6.42 Å². The molecule has 1 heterocycles. The summed E-state index contributed by atoms with van der Waals surface area (Å²) < 4.78 is -0.288. The number of ketones is 1. The van der Waals surface area contributed by atoms with Crippen LogP contribution in [0.5, 0.6) is 0 Å². The number of hydrogen-bond donors (Lipinski definition) is 0. The van der Waals surface area contributed by atoms with Crippen molar-refractivity contribution in [2.24, 2.45) is 0 Å². The molecule has 0 radical (unpaired) electrons. The molecular weight excluding hydrogens is 212 g/mol. The molecule has 0 unspecified atom stereocenters. The summed E-state index contributed by atoms with van der Waals surface area (Å²) in [7, 11) is 0. The third-order valence-electron chi connectivity index (χ3n) is 2.27. The van der Waals surface area contributed by atoms with E-state index in [2.05, 4.69) is 12.8 Å². The summed E-state index contributed by atoms with van der Waals surface area (Å²) in [6, 6.07) is 0. The van der Waals surface area contributed by atoms with Crippen LogP contribution in [-0.2, 0) is 4.79 Å². The Bertz CT molecular complexity index is 236. The van der Waals surface area contributed by atoms with Crippen LogP contribution in [-0.4, -0.2) is 21.4 Å². The van der Waals surface area contributed by atoms with Gasteiger partial charge >= 0.3 is 0 Å². The Hall–Kier alpha value is -0.0700. The highest BCUT2D eigenvalue weighted by molar-refractivity contribution is 8.22. The van der Waals surface area contributed by atoms with E-state index >= 15 is 0 Å². The molecule has 0 aliphatic carbocycles. The van der Waals surface area contributed by atoms with Crippen molar-refractivity contribution in [2.45, 2.75) is 36.7 Å². The van der Waals surface area contributed by atoms with E-state index in [9.17, 15) is 4.79 Å². The SMILES string of the molecule is C#CCC1(C(=O)CCCC)SCCS1. The second-order valence-electron chi connectivity index (χ2n) is 3.36. The first-order chi connectivity index (χ1) is 6.75. The maximum absolute atomic E-state index is 12.0. The highest BCUT2D eigenvalue weighted by atomic mass is 32.2. The van der Waals surface area contributed by atoms with Gasteiger partial charge in [-0.1, -0.05) is 13.3 Å². The molecule has 0 N–H and O–H groups in total. The Labute approximate surface area is 94.8 Å². The normalized spacial score (nSPS) is 19.1. The number of Topliss-reactive ketones (excluding diaryl/α,β-unsaturated/α-hetero) is 1. The summed E-state index contributed by atoms with van der Waals surface area (Å²) in [4.78, 5) is 12.0. The molecule has 1 aliphatic heterocycles. The summed E-state index contributed by atoms with van der Waals surface area (Å²) in [5, 5.41) is 0. The number of carbonyl (C=O) groups excluding carboxylic acids is 1. The number of thioether (sulfide) groups is 2. The first-order valence-corrected chi connectivity index (χ1v) is 6.97. The molecule has 0 bridgehead atoms. The van der Waals surface area contributed by atoms with E-state index in [-0.39, 0.29) is 4.08 Å². The van der Waals surface area contributed by atoms with Crippen molar-refractivity contribution in [2.75, 3.05) is 11.5 Å². The van der Waals surface area contributed by atoms with Gasteiger partial charge in [0.2, 0.25) is 0 Å². The Morgan fingerprint density at radius 3 is 2.64 bits per heavy atom. The van der Waals surface area contributed by atoms with Crippen molar-refractivity contribution in [3.63, 3.8) is 0 Å². The fourth-order valence-electron chi connectivity index (χ4n) is 1.48. The van der Waals surface area contributed by atoms with Crippen LogP contribution in [0.3, 0.4) is 0 Å². The van der Waals surface area contributed by atoms with Crippen molar-refractivity contribution in [1.82, 2.24) is 0 Å². The summed E-state index contributed by atoms with van der Waals surface area (Å²) in [5.74, 6) is 5.12. The lowest BCUT2D eigenvalue weighted by atomic mass is 10.1. The molecule has 0 saturated carbocycles. The van der Waals surface area contributed by atoms with Crippen LogP contribution < -0.4 is 0 Å². The smallest absolute Gasteiger partial charge is 0.159 e. The molecule has 0 aromatic rings. The Morgan fingerprint density at radius 1 is 1.50 bits per heavy atom. The second kappa shape index (κ2) is 5.72. The third kappa shape index (κ3) is 2.71. The van der Waals surface area contributed by atoms with Crippen LogP contribution in [0.25, 0.3) is 0 Å². The van der Waals surface area contributed by atoms with Crippen LogP contribution in [0, 0.1) is 12.3 Å². The van der Waals surface area contributed by atoms with Crippen LogP contribution in [0.15, 0.2) is 0 Å². The van der Waals surface area contributed by atoms with Crippen molar-refractivity contribution in [1.29, 1.82) is 0 Å². The molecule has 1 fully saturated rings. The van der Waals surface area contributed by atoms with Crippen molar-refractivity contribution < 1.29 is 4.79 Å². The summed E-state index contributed by atoms with van der Waals surface area (Å²) in [6.45, 7) is 2.11. The van der Waals surface area contributed by atoms with Crippen LogP contribution >= 0.6 is 23.5 Å². The Balaban J connectivity index is 2.58. The molecule has 1 nitrogen and oxygen atoms in total. The standard InChI is InChI=1S/C11H16OS2/c1-3-5-6-10(12)11(7-4-2)13-8-9-14-11/h2H,3,5-9H2,1H3. The lowest BCUT2D eigenvalue weighted by Crippen LogP contribution is -2.28. The number of hydrogen-bond acceptors (Lipinski definition) is 3. The molecule has 14 heavy (non-hydrogen) atoms. The molecule has 78 valence electrons. The summed E-state index contributed by atoms with van der Waals surface area (Å²) in [6.07, 6.45) is 8.68. The van der Waals surface area contributed by atoms with E-state index in [1.807, 2.05) is 0 Å². The molecule has 1 saturated heterocycles. The zero-order valence-electron chi connectivity index (χ0n) is 8.54. The lowest BCUT2D eigenvalue weighted by Gasteiger charge is -2.22. The lowest BCUT2D eigenvalue weighted by molar-refractivity contribution is -0.119. The topological polar surface area (TPSA) is 17.1 Å². The first-order valence-electron chi connectivity index (χ1n) is 5.00. The zero-order valence-corrected chi connectivity index (χ0v) is 10.2. The minimum atomic E-state index is -0.288. The minimum absolute atomic E-state index is 0.288. The molecule has 0 aromatic heterocycles. The molecule has 0 aromatic carbocycles. The largest absolute Gasteiger partial charge is 0.297 e. The fourth-order valence-corrected chi connectivity index (χ4v) is 4.53. The first kappa shape index (κ1) is 12.0. The van der Waals surface area contributed by atoms with E-state index in [4.69, 9.17) is 6.42 Å². The Kier molecular flexibility index (Phi) is 4.91. The van der Waals surface area contributed by atoms with Gasteiger partial charge in [-0.3, -0.25) is 4.79 Å². The quantitative estimate of drug-likeness (QED) is 0.673. The number of terminal acetylenes is 1. The molecule has 1 rings (SSSR count). The molecule has 1 aliphatic rings. The van der Waals surface area contributed by atoms with Gasteiger partial charge in [0.05, 0.1) is 0 Å². The van der Waals surface area contributed by atoms with Crippen LogP contribution in [0.4, 0.5) is 0 Å². The van der Waals surface area contributed by atoms with Gasteiger partial charge in [0.15, 0.2) is 5.78 Å². The van der Waals surface area contributed by atoms with Gasteiger partial charge in [0.25, 0.3) is 0 Å². The average molecular weight is 228 g/mol. The van der Waals surface area contributed by atoms with Gasteiger partial charge in [-0.2, -0.15) is 0 Å². The fraction of sp³-hybridized carbons (Fsp3) is 0.727. The van der Waals surface area contributed by atoms with Gasteiger partial charge in [-0.25, -0.2) is 0 Å². The van der Waals surface area contributed by atoms with Crippen LogP contribution in [0.2, 0.25) is 0 Å². The van der Waals surface area contributed by atoms with Crippen LogP contribution in [0.1, 0.15) is 32.6 Å². The van der Waals surface area contributed by atoms with Crippen molar-refractivity contribution >= 4 is 29.3 Å². The molecule has 0 spiro atoms. The number of unbranched alkanes of at least 4 members (excludes halogenated alkanes) is 1. The summed E-state index contributed by atoms with van der Waals surface area (Å²) >= 11 is 3.49. The maximum atomic E-state index is 12.0. The molecule has 0 amide bonds. The second-order valence-corrected chi connectivity index (χ2v) is 6.40. The van der Waals surface area contributed by atoms with E-state index in [0.29, 0.717) is 18.6 Å². The third-order valence-corrected chi connectivity index (χ3v) is 5.73. The molecule has 3 heteroatoms. The summed E-state index contributed by atoms with van der Waals surface area (Å²) in [5.41, 5.74) is 0. The van der Waals surface area contributed by atoms with E-state index in [1.54, 1.807) is 23.5 Å². The predicted molar refractivity (Wildman–Crippen MR) is 65.6 cm³/mol. The van der Waals surface area contributed by atoms with Crippen molar-refractivity contribution in [3.05, 3.63) is 0 Å². The highest BCUT2D eigenvalue weighted by Crippen LogP contribution is 2.47. The number of rotatable bonds is 5.